The van der Waals surface area contributed by atoms with Crippen molar-refractivity contribution >= 4 is 11.3 Å². The minimum absolute atomic E-state index is 0.208. The zero-order valence-corrected chi connectivity index (χ0v) is 11.5. The molecule has 2 rings (SSSR count). The Hall–Kier alpha value is -0.700. The Morgan fingerprint density at radius 2 is 2.11 bits per heavy atom. The quantitative estimate of drug-likeness (QED) is 0.896. The molecule has 1 aliphatic rings. The first-order chi connectivity index (χ1) is 8.79. The van der Waals surface area contributed by atoms with Gasteiger partial charge in [0.25, 0.3) is 0 Å². The van der Waals surface area contributed by atoms with Gasteiger partial charge in [-0.15, -0.1) is 11.3 Å². The Labute approximate surface area is 113 Å². The molecule has 1 aromatic rings. The van der Waals surface area contributed by atoms with Crippen LogP contribution in [0.15, 0.2) is 6.20 Å². The molecule has 108 valence electrons. The molecule has 0 aromatic carbocycles. The summed E-state index contributed by atoms with van der Waals surface area (Å²) in [6.45, 7) is 2.29. The highest BCUT2D eigenvalue weighted by Crippen LogP contribution is 2.35. The second kappa shape index (κ2) is 5.35. The summed E-state index contributed by atoms with van der Waals surface area (Å²) in [5, 5.41) is 9.34. The van der Waals surface area contributed by atoms with Crippen LogP contribution in [0, 0.1) is 0 Å². The van der Waals surface area contributed by atoms with Crippen LogP contribution in [0.5, 0.6) is 0 Å². The molecule has 0 bridgehead atoms. The largest absolute Gasteiger partial charge is 0.443 e. The van der Waals surface area contributed by atoms with E-state index in [1.807, 2.05) is 19.0 Å². The van der Waals surface area contributed by atoms with Crippen LogP contribution < -0.4 is 0 Å². The molecule has 19 heavy (non-hydrogen) atoms. The average Bonchev–Trinajstić information content (AvgIpc) is 2.80. The summed E-state index contributed by atoms with van der Waals surface area (Å²) in [6, 6.07) is -0.208. The van der Waals surface area contributed by atoms with E-state index in [0.717, 1.165) is 19.3 Å². The van der Waals surface area contributed by atoms with Crippen molar-refractivity contribution < 1.29 is 18.3 Å². The molecule has 0 radical (unpaired) electrons. The molecule has 1 fully saturated rings. The summed E-state index contributed by atoms with van der Waals surface area (Å²) >= 11 is 0.514. The van der Waals surface area contributed by atoms with Crippen LogP contribution in [0.25, 0.3) is 0 Å². The standard InChI is InChI=1S/C11H16F3N3OS/c1-16-3-4-17(2)7(6-16)9(18)8-5-15-10(19-8)11(12,13)14/h5,7,9,18H,3-4,6H2,1-2H3. The molecular weight excluding hydrogens is 279 g/mol. The van der Waals surface area contributed by atoms with E-state index >= 15 is 0 Å². The Bertz CT molecular complexity index is 437. The minimum atomic E-state index is -4.45. The summed E-state index contributed by atoms with van der Waals surface area (Å²) in [5.74, 6) is 0. The molecule has 2 unspecified atom stereocenters. The Balaban J connectivity index is 2.14. The summed E-state index contributed by atoms with van der Waals surface area (Å²) in [7, 11) is 3.80. The number of alkyl halides is 3. The molecule has 0 aliphatic carbocycles. The van der Waals surface area contributed by atoms with Gasteiger partial charge in [0.15, 0.2) is 5.01 Å². The van der Waals surface area contributed by atoms with E-state index in [0.29, 0.717) is 17.9 Å². The van der Waals surface area contributed by atoms with E-state index in [1.54, 1.807) is 0 Å². The summed E-state index contributed by atoms with van der Waals surface area (Å²) in [4.78, 5) is 7.64. The number of nitrogens with zero attached hydrogens (tertiary/aromatic N) is 3. The normalized spacial score (nSPS) is 24.6. The van der Waals surface area contributed by atoms with Crippen LogP contribution in [-0.4, -0.2) is 59.7 Å². The van der Waals surface area contributed by atoms with Gasteiger partial charge in [0.2, 0.25) is 0 Å². The molecule has 0 amide bonds. The van der Waals surface area contributed by atoms with Crippen LogP contribution in [-0.2, 0) is 6.18 Å². The zero-order valence-electron chi connectivity index (χ0n) is 10.7. The van der Waals surface area contributed by atoms with Crippen molar-refractivity contribution in [1.29, 1.82) is 0 Å². The van der Waals surface area contributed by atoms with Crippen molar-refractivity contribution in [2.45, 2.75) is 18.3 Å². The number of hydrogen-bond acceptors (Lipinski definition) is 5. The van der Waals surface area contributed by atoms with Gasteiger partial charge in [0.05, 0.1) is 10.9 Å². The van der Waals surface area contributed by atoms with E-state index in [9.17, 15) is 18.3 Å². The van der Waals surface area contributed by atoms with Gasteiger partial charge in [-0.1, -0.05) is 0 Å². The molecule has 2 atom stereocenters. The molecule has 1 N–H and O–H groups in total. The predicted octanol–water partition coefficient (Wildman–Crippen LogP) is 1.44. The third-order valence-corrected chi connectivity index (χ3v) is 4.43. The van der Waals surface area contributed by atoms with Crippen molar-refractivity contribution in [3.8, 4) is 0 Å². The van der Waals surface area contributed by atoms with Crippen molar-refractivity contribution in [3.63, 3.8) is 0 Å². The topological polar surface area (TPSA) is 39.6 Å². The van der Waals surface area contributed by atoms with Crippen molar-refractivity contribution in [3.05, 3.63) is 16.1 Å². The van der Waals surface area contributed by atoms with E-state index in [4.69, 9.17) is 0 Å². The smallest absolute Gasteiger partial charge is 0.386 e. The molecule has 8 heteroatoms. The molecule has 2 heterocycles. The van der Waals surface area contributed by atoms with E-state index in [1.165, 1.54) is 0 Å². The van der Waals surface area contributed by atoms with Crippen molar-refractivity contribution in [2.24, 2.45) is 0 Å². The molecular formula is C11H16F3N3OS. The van der Waals surface area contributed by atoms with Crippen LogP contribution in [0.4, 0.5) is 13.2 Å². The average molecular weight is 295 g/mol. The molecule has 0 spiro atoms. The highest BCUT2D eigenvalue weighted by molar-refractivity contribution is 7.11. The second-order valence-electron chi connectivity index (χ2n) is 4.82. The lowest BCUT2D eigenvalue weighted by Gasteiger charge is -2.39. The fourth-order valence-electron chi connectivity index (χ4n) is 2.13. The second-order valence-corrected chi connectivity index (χ2v) is 5.88. The van der Waals surface area contributed by atoms with Gasteiger partial charge in [0, 0.05) is 25.8 Å². The maximum absolute atomic E-state index is 12.5. The highest BCUT2D eigenvalue weighted by Gasteiger charge is 2.37. The number of aliphatic hydroxyl groups excluding tert-OH is 1. The molecule has 4 nitrogen and oxygen atoms in total. The minimum Gasteiger partial charge on any atom is -0.386 e. The lowest BCUT2D eigenvalue weighted by Crippen LogP contribution is -2.52. The highest BCUT2D eigenvalue weighted by atomic mass is 32.1. The van der Waals surface area contributed by atoms with Gasteiger partial charge >= 0.3 is 6.18 Å². The van der Waals surface area contributed by atoms with E-state index in [-0.39, 0.29) is 10.9 Å². The molecule has 0 saturated carbocycles. The lowest BCUT2D eigenvalue weighted by molar-refractivity contribution is -0.137. The van der Waals surface area contributed by atoms with Gasteiger partial charge in [-0.2, -0.15) is 13.2 Å². The first-order valence-corrected chi connectivity index (χ1v) is 6.70. The number of piperazine rings is 1. The summed E-state index contributed by atoms with van der Waals surface area (Å²) in [6.07, 6.45) is -4.26. The summed E-state index contributed by atoms with van der Waals surface area (Å²) in [5.41, 5.74) is 0. The fraction of sp³-hybridized carbons (Fsp3) is 0.727. The third-order valence-electron chi connectivity index (χ3n) is 3.32. The number of rotatable bonds is 2. The molecule has 1 aliphatic heterocycles. The van der Waals surface area contributed by atoms with Crippen LogP contribution in [0.2, 0.25) is 0 Å². The fourth-order valence-corrected chi connectivity index (χ4v) is 2.96. The molecule has 1 saturated heterocycles. The van der Waals surface area contributed by atoms with Gasteiger partial charge in [-0.3, -0.25) is 4.90 Å². The Morgan fingerprint density at radius 1 is 1.42 bits per heavy atom. The first kappa shape index (κ1) is 14.7. The first-order valence-electron chi connectivity index (χ1n) is 5.89. The maximum Gasteiger partial charge on any atom is 0.443 e. The predicted molar refractivity (Wildman–Crippen MR) is 66.0 cm³/mol. The number of thiazole rings is 1. The maximum atomic E-state index is 12.5. The Kier molecular flexibility index (Phi) is 4.14. The van der Waals surface area contributed by atoms with Gasteiger partial charge in [-0.05, 0) is 14.1 Å². The number of halogens is 3. The number of aliphatic hydroxyl groups is 1. The SMILES string of the molecule is CN1CCN(C)C(C(O)c2cnc(C(F)(F)F)s2)C1. The van der Waals surface area contributed by atoms with Gasteiger partial charge in [-0.25, -0.2) is 4.98 Å². The van der Waals surface area contributed by atoms with Crippen molar-refractivity contribution in [1.82, 2.24) is 14.8 Å². The Morgan fingerprint density at radius 3 is 2.68 bits per heavy atom. The lowest BCUT2D eigenvalue weighted by atomic mass is 10.1. The third kappa shape index (κ3) is 3.25. The summed E-state index contributed by atoms with van der Waals surface area (Å²) < 4.78 is 37.5. The zero-order chi connectivity index (χ0) is 14.2. The number of hydrogen-bond donors (Lipinski definition) is 1. The molecule has 1 aromatic heterocycles. The van der Waals surface area contributed by atoms with E-state index in [2.05, 4.69) is 9.88 Å². The monoisotopic (exact) mass is 295 g/mol. The van der Waals surface area contributed by atoms with Gasteiger partial charge in [0.1, 0.15) is 6.10 Å². The van der Waals surface area contributed by atoms with E-state index < -0.39 is 17.3 Å². The van der Waals surface area contributed by atoms with Crippen LogP contribution >= 0.6 is 11.3 Å². The number of likely N-dealkylation sites (N-methyl/N-ethyl adjacent to an activating group) is 2. The number of aromatic nitrogens is 1. The van der Waals surface area contributed by atoms with Gasteiger partial charge < -0.3 is 10.0 Å². The van der Waals surface area contributed by atoms with Crippen LogP contribution in [0.3, 0.4) is 0 Å². The van der Waals surface area contributed by atoms with Crippen LogP contribution in [0.1, 0.15) is 16.0 Å². The van der Waals surface area contributed by atoms with Crippen molar-refractivity contribution in [2.75, 3.05) is 33.7 Å².